The van der Waals surface area contributed by atoms with E-state index in [4.69, 9.17) is 11.5 Å². The third kappa shape index (κ3) is 27.7. The van der Waals surface area contributed by atoms with Gasteiger partial charge >= 0.3 is 0 Å². The lowest BCUT2D eigenvalue weighted by Gasteiger charge is -2.24. The summed E-state index contributed by atoms with van der Waals surface area (Å²) >= 11 is 0. The van der Waals surface area contributed by atoms with E-state index in [1.54, 1.807) is 0 Å². The Morgan fingerprint density at radius 2 is 0.837 bits per heavy atom. The van der Waals surface area contributed by atoms with E-state index in [9.17, 15) is 9.59 Å². The van der Waals surface area contributed by atoms with Gasteiger partial charge in [-0.2, -0.15) is 0 Å². The highest BCUT2D eigenvalue weighted by Gasteiger charge is 2.27. The Morgan fingerprint density at radius 3 is 1.21 bits per heavy atom. The molecule has 3 atom stereocenters. The van der Waals surface area contributed by atoms with Gasteiger partial charge in [-0.15, -0.1) is 0 Å². The number of primary amides is 2. The van der Waals surface area contributed by atoms with Crippen LogP contribution in [-0.4, -0.2) is 11.8 Å². The van der Waals surface area contributed by atoms with Crippen LogP contribution in [0.15, 0.2) is 24.3 Å². The van der Waals surface area contributed by atoms with Crippen molar-refractivity contribution < 1.29 is 9.59 Å². The molecule has 4 nitrogen and oxygen atoms in total. The van der Waals surface area contributed by atoms with Crippen molar-refractivity contribution in [3.05, 3.63) is 24.3 Å². The Morgan fingerprint density at radius 1 is 0.488 bits per heavy atom. The predicted octanol–water partition coefficient (Wildman–Crippen LogP) is 11.5. The molecule has 0 spiro atoms. The van der Waals surface area contributed by atoms with E-state index >= 15 is 0 Å². The minimum atomic E-state index is -0.225. The quantitative estimate of drug-likeness (QED) is 0.0578. The van der Waals surface area contributed by atoms with Gasteiger partial charge in [-0.1, -0.05) is 148 Å². The molecule has 2 amide bonds. The number of amides is 2. The zero-order chi connectivity index (χ0) is 31.8. The molecule has 252 valence electrons. The van der Waals surface area contributed by atoms with Gasteiger partial charge < -0.3 is 11.5 Å². The SMILES string of the molecule is CCCCCCCC/C=C\CCCCCCC(CC(C)C(CCCCCC/C=C\CCCCCCCC)C(N)=O)C(N)=O. The Labute approximate surface area is 268 Å². The van der Waals surface area contributed by atoms with Crippen LogP contribution < -0.4 is 11.5 Å². The molecule has 0 heterocycles. The Bertz CT molecular complexity index is 687. The topological polar surface area (TPSA) is 86.2 Å². The molecule has 4 N–H and O–H groups in total. The van der Waals surface area contributed by atoms with E-state index in [0.29, 0.717) is 6.42 Å². The number of allylic oxidation sites excluding steroid dienone is 4. The van der Waals surface area contributed by atoms with Gasteiger partial charge in [0.1, 0.15) is 0 Å². The lowest BCUT2D eigenvalue weighted by atomic mass is 9.80. The zero-order valence-electron chi connectivity index (χ0n) is 29.1. The van der Waals surface area contributed by atoms with E-state index in [-0.39, 0.29) is 29.6 Å². The van der Waals surface area contributed by atoms with Crippen molar-refractivity contribution in [2.75, 3.05) is 0 Å². The van der Waals surface area contributed by atoms with Gasteiger partial charge in [0.25, 0.3) is 0 Å². The third-order valence-electron chi connectivity index (χ3n) is 9.20. The summed E-state index contributed by atoms with van der Waals surface area (Å²) in [6.45, 7) is 6.61. The number of carbonyl (C=O) groups is 2. The Kier molecular flexibility index (Phi) is 30.7. The minimum absolute atomic E-state index is 0.0942. The van der Waals surface area contributed by atoms with Crippen LogP contribution >= 0.6 is 0 Å². The molecular weight excluding hydrogens is 528 g/mol. The molecule has 0 aromatic rings. The van der Waals surface area contributed by atoms with E-state index < -0.39 is 0 Å². The molecule has 0 aliphatic carbocycles. The fourth-order valence-corrected chi connectivity index (χ4v) is 6.24. The van der Waals surface area contributed by atoms with E-state index in [2.05, 4.69) is 45.1 Å². The average molecular weight is 603 g/mol. The molecule has 0 saturated heterocycles. The molecule has 0 saturated carbocycles. The second-order valence-electron chi connectivity index (χ2n) is 13.4. The molecule has 0 aromatic carbocycles. The summed E-state index contributed by atoms with van der Waals surface area (Å²) in [4.78, 5) is 24.4. The summed E-state index contributed by atoms with van der Waals surface area (Å²) in [5.41, 5.74) is 11.6. The van der Waals surface area contributed by atoms with Gasteiger partial charge in [0.2, 0.25) is 11.8 Å². The van der Waals surface area contributed by atoms with Gasteiger partial charge in [-0.05, 0) is 76.5 Å². The van der Waals surface area contributed by atoms with Crippen LogP contribution in [0.2, 0.25) is 0 Å². The summed E-state index contributed by atoms with van der Waals surface area (Å²) in [6.07, 6.45) is 41.9. The van der Waals surface area contributed by atoms with Crippen LogP contribution in [-0.2, 0) is 9.59 Å². The number of carbonyl (C=O) groups excluding carboxylic acids is 2. The molecule has 3 unspecified atom stereocenters. The van der Waals surface area contributed by atoms with Crippen molar-refractivity contribution in [3.63, 3.8) is 0 Å². The second kappa shape index (κ2) is 31.8. The van der Waals surface area contributed by atoms with Crippen LogP contribution in [0.25, 0.3) is 0 Å². The van der Waals surface area contributed by atoms with E-state index in [1.807, 2.05) is 0 Å². The maximum absolute atomic E-state index is 12.2. The first kappa shape index (κ1) is 41.4. The monoisotopic (exact) mass is 603 g/mol. The third-order valence-corrected chi connectivity index (χ3v) is 9.20. The summed E-state index contributed by atoms with van der Waals surface area (Å²) in [5.74, 6) is -0.675. The normalized spacial score (nSPS) is 14.0. The van der Waals surface area contributed by atoms with Crippen LogP contribution in [0.1, 0.15) is 194 Å². The summed E-state index contributed by atoms with van der Waals surface area (Å²) in [6, 6.07) is 0. The number of rotatable bonds is 33. The first-order valence-electron chi connectivity index (χ1n) is 18.8. The summed E-state index contributed by atoms with van der Waals surface area (Å²) in [5, 5.41) is 0. The Hall–Kier alpha value is -1.58. The van der Waals surface area contributed by atoms with Crippen LogP contribution in [0.5, 0.6) is 0 Å². The highest BCUT2D eigenvalue weighted by Crippen LogP contribution is 2.28. The first-order chi connectivity index (χ1) is 20.9. The zero-order valence-corrected chi connectivity index (χ0v) is 29.1. The summed E-state index contributed by atoms with van der Waals surface area (Å²) in [7, 11) is 0. The van der Waals surface area contributed by atoms with E-state index in [0.717, 1.165) is 51.4 Å². The molecule has 0 aliphatic rings. The molecule has 43 heavy (non-hydrogen) atoms. The highest BCUT2D eigenvalue weighted by atomic mass is 16.1. The van der Waals surface area contributed by atoms with Crippen molar-refractivity contribution in [2.45, 2.75) is 194 Å². The molecule has 0 bridgehead atoms. The number of nitrogens with two attached hydrogens (primary N) is 2. The van der Waals surface area contributed by atoms with Crippen molar-refractivity contribution in [2.24, 2.45) is 29.2 Å². The van der Waals surface area contributed by atoms with Crippen LogP contribution in [0.4, 0.5) is 0 Å². The standard InChI is InChI=1S/C39H74N2O2/c1-4-6-8-10-12-14-16-18-20-22-24-26-28-30-32-36(38(40)42)34-35(3)37(39(41)43)33-31-29-27-25-23-21-19-17-15-13-11-9-7-5-2/h18-21,35-37H,4-17,22-34H2,1-3H3,(H2,40,42)(H2,41,43)/b20-18-,21-19-. The highest BCUT2D eigenvalue weighted by molar-refractivity contribution is 5.78. The molecule has 0 rings (SSSR count). The van der Waals surface area contributed by atoms with Crippen molar-refractivity contribution in [3.8, 4) is 0 Å². The molecular formula is C39H74N2O2. The van der Waals surface area contributed by atoms with Gasteiger partial charge in [0, 0.05) is 11.8 Å². The van der Waals surface area contributed by atoms with Crippen molar-refractivity contribution in [1.29, 1.82) is 0 Å². The maximum Gasteiger partial charge on any atom is 0.220 e. The largest absolute Gasteiger partial charge is 0.369 e. The van der Waals surface area contributed by atoms with Crippen LogP contribution in [0, 0.1) is 17.8 Å². The number of unbranched alkanes of at least 4 members (excludes halogenated alkanes) is 20. The predicted molar refractivity (Wildman–Crippen MR) is 189 cm³/mol. The van der Waals surface area contributed by atoms with Crippen molar-refractivity contribution in [1.82, 2.24) is 0 Å². The van der Waals surface area contributed by atoms with Crippen molar-refractivity contribution >= 4 is 11.8 Å². The maximum atomic E-state index is 12.2. The average Bonchev–Trinajstić information content (AvgIpc) is 2.98. The minimum Gasteiger partial charge on any atom is -0.369 e. The van der Waals surface area contributed by atoms with Gasteiger partial charge in [0.15, 0.2) is 0 Å². The molecule has 0 aliphatic heterocycles. The van der Waals surface area contributed by atoms with Gasteiger partial charge in [-0.25, -0.2) is 0 Å². The first-order valence-corrected chi connectivity index (χ1v) is 18.8. The molecule has 0 aromatic heterocycles. The number of hydrogen-bond acceptors (Lipinski definition) is 2. The molecule has 0 fully saturated rings. The smallest absolute Gasteiger partial charge is 0.220 e. The van der Waals surface area contributed by atoms with E-state index in [1.165, 1.54) is 116 Å². The summed E-state index contributed by atoms with van der Waals surface area (Å²) < 4.78 is 0. The molecule has 0 radical (unpaired) electrons. The second-order valence-corrected chi connectivity index (χ2v) is 13.4. The Balaban J connectivity index is 4.02. The fraction of sp³-hybridized carbons (Fsp3) is 0.846. The lowest BCUT2D eigenvalue weighted by molar-refractivity contribution is -0.126. The number of hydrogen-bond donors (Lipinski definition) is 2. The van der Waals surface area contributed by atoms with Gasteiger partial charge in [0.05, 0.1) is 0 Å². The van der Waals surface area contributed by atoms with Crippen LogP contribution in [0.3, 0.4) is 0 Å². The molecule has 4 heteroatoms. The lowest BCUT2D eigenvalue weighted by Crippen LogP contribution is -2.32. The fourth-order valence-electron chi connectivity index (χ4n) is 6.24. The van der Waals surface area contributed by atoms with Gasteiger partial charge in [-0.3, -0.25) is 9.59 Å².